The summed E-state index contributed by atoms with van der Waals surface area (Å²) in [6.45, 7) is 3.86. The van der Waals surface area contributed by atoms with Crippen LogP contribution in [0.1, 0.15) is 21.5 Å². The summed E-state index contributed by atoms with van der Waals surface area (Å²) in [4.78, 5) is 16.2. The minimum Gasteiger partial charge on any atom is -0.320 e. The second-order valence-electron chi connectivity index (χ2n) is 4.21. The minimum absolute atomic E-state index is 0.139. The number of halogens is 2. The van der Waals surface area contributed by atoms with Crippen LogP contribution in [0, 0.1) is 17.4 Å². The van der Waals surface area contributed by atoms with Crippen molar-refractivity contribution in [2.45, 2.75) is 13.8 Å². The molecule has 0 aliphatic carbocycles. The van der Waals surface area contributed by atoms with Gasteiger partial charge in [-0.2, -0.15) is 0 Å². The fraction of sp³-hybridized carbons (Fsp3) is 0.143. The summed E-state index contributed by atoms with van der Waals surface area (Å²) in [6.07, 6.45) is 1.57. The third kappa shape index (κ3) is 3.25. The third-order valence-corrected chi connectivity index (χ3v) is 4.40. The van der Waals surface area contributed by atoms with Crippen molar-refractivity contribution in [2.24, 2.45) is 0 Å². The van der Waals surface area contributed by atoms with Crippen LogP contribution >= 0.6 is 34.2 Å². The van der Waals surface area contributed by atoms with Gasteiger partial charge in [0.25, 0.3) is 5.91 Å². The smallest absolute Gasteiger partial charge is 0.256 e. The number of rotatable bonds is 2. The highest BCUT2D eigenvalue weighted by atomic mass is 127. The number of nitrogens with zero attached hydrogens (tertiary/aromatic N) is 1. The molecule has 0 fully saturated rings. The van der Waals surface area contributed by atoms with Crippen molar-refractivity contribution in [1.29, 1.82) is 0 Å². The van der Waals surface area contributed by atoms with E-state index in [1.165, 1.54) is 0 Å². The Morgan fingerprint density at radius 1 is 1.32 bits per heavy atom. The van der Waals surface area contributed by atoms with Gasteiger partial charge in [0.15, 0.2) is 0 Å². The van der Waals surface area contributed by atoms with Crippen molar-refractivity contribution in [3.63, 3.8) is 0 Å². The van der Waals surface area contributed by atoms with Crippen molar-refractivity contribution >= 4 is 45.8 Å². The summed E-state index contributed by atoms with van der Waals surface area (Å²) in [7, 11) is 0. The van der Waals surface area contributed by atoms with Crippen LogP contribution < -0.4 is 5.32 Å². The molecule has 19 heavy (non-hydrogen) atoms. The van der Waals surface area contributed by atoms with Gasteiger partial charge in [-0.15, -0.1) is 0 Å². The first-order valence-electron chi connectivity index (χ1n) is 5.67. The van der Waals surface area contributed by atoms with Gasteiger partial charge < -0.3 is 5.32 Å². The van der Waals surface area contributed by atoms with Gasteiger partial charge in [-0.1, -0.05) is 23.7 Å². The zero-order valence-corrected chi connectivity index (χ0v) is 13.4. The molecule has 0 atom stereocenters. The van der Waals surface area contributed by atoms with Crippen LogP contribution in [0.5, 0.6) is 0 Å². The second kappa shape index (κ2) is 5.88. The van der Waals surface area contributed by atoms with Crippen molar-refractivity contribution in [3.05, 3.63) is 55.9 Å². The number of carbonyl (C=O) groups excluding carboxylic acids is 1. The van der Waals surface area contributed by atoms with Gasteiger partial charge in [0.05, 0.1) is 17.4 Å². The number of carbonyl (C=O) groups is 1. The maximum absolute atomic E-state index is 12.2. The molecule has 0 radical (unpaired) electrons. The Kier molecular flexibility index (Phi) is 4.42. The summed E-state index contributed by atoms with van der Waals surface area (Å²) in [5, 5.41) is 3.27. The van der Waals surface area contributed by atoms with Gasteiger partial charge in [-0.3, -0.25) is 4.79 Å². The largest absolute Gasteiger partial charge is 0.320 e. The van der Waals surface area contributed by atoms with Gasteiger partial charge >= 0.3 is 0 Å². The van der Waals surface area contributed by atoms with Crippen molar-refractivity contribution in [1.82, 2.24) is 4.98 Å². The summed E-state index contributed by atoms with van der Waals surface area (Å²) in [5.41, 5.74) is 3.30. The zero-order valence-electron chi connectivity index (χ0n) is 10.5. The number of pyridine rings is 1. The van der Waals surface area contributed by atoms with Crippen molar-refractivity contribution < 1.29 is 4.79 Å². The molecule has 0 bridgehead atoms. The quantitative estimate of drug-likeness (QED) is 0.620. The van der Waals surface area contributed by atoms with E-state index in [0.717, 1.165) is 14.7 Å². The Bertz CT molecular complexity index is 643. The lowest BCUT2D eigenvalue weighted by Gasteiger charge is -2.10. The Labute approximate surface area is 130 Å². The molecule has 1 aromatic heterocycles. The average Bonchev–Trinajstić information content (AvgIpc) is 2.36. The van der Waals surface area contributed by atoms with Gasteiger partial charge in [0.2, 0.25) is 0 Å². The third-order valence-electron chi connectivity index (χ3n) is 2.76. The number of amides is 1. The summed E-state index contributed by atoms with van der Waals surface area (Å²) < 4.78 is 0.956. The molecule has 3 nitrogen and oxygen atoms in total. The summed E-state index contributed by atoms with van der Waals surface area (Å²) in [5.74, 6) is -0.139. The van der Waals surface area contributed by atoms with Gasteiger partial charge in [0, 0.05) is 3.57 Å². The van der Waals surface area contributed by atoms with Crippen LogP contribution in [0.2, 0.25) is 5.15 Å². The standard InChI is InChI=1S/C14H12ClIN2O/c1-8-4-3-5-10(13(8)16)14(19)18-11-7-17-12(15)6-9(11)2/h3-7H,1-2H3,(H,18,19). The number of anilines is 1. The fourth-order valence-corrected chi connectivity index (χ4v) is 2.48. The molecule has 1 heterocycles. The molecule has 5 heteroatoms. The van der Waals surface area contributed by atoms with Crippen LogP contribution in [-0.2, 0) is 0 Å². The molecule has 2 rings (SSSR count). The molecule has 0 aliphatic heterocycles. The maximum Gasteiger partial charge on any atom is 0.256 e. The van der Waals surface area contributed by atoms with Gasteiger partial charge in [0.1, 0.15) is 5.15 Å². The van der Waals surface area contributed by atoms with Crippen LogP contribution in [0.25, 0.3) is 0 Å². The average molecular weight is 387 g/mol. The van der Waals surface area contributed by atoms with Gasteiger partial charge in [-0.25, -0.2) is 4.98 Å². The lowest BCUT2D eigenvalue weighted by atomic mass is 10.1. The van der Waals surface area contributed by atoms with Gasteiger partial charge in [-0.05, 0) is 59.7 Å². The number of nitrogens with one attached hydrogen (secondary N) is 1. The Morgan fingerprint density at radius 3 is 2.74 bits per heavy atom. The topological polar surface area (TPSA) is 42.0 Å². The first-order chi connectivity index (χ1) is 8.99. The van der Waals surface area contributed by atoms with E-state index < -0.39 is 0 Å². The predicted octanol–water partition coefficient (Wildman–Crippen LogP) is 4.21. The van der Waals surface area contributed by atoms with E-state index in [4.69, 9.17) is 11.6 Å². The number of benzene rings is 1. The number of hydrogen-bond donors (Lipinski definition) is 1. The molecule has 1 N–H and O–H groups in total. The second-order valence-corrected chi connectivity index (χ2v) is 5.68. The van der Waals surface area contributed by atoms with E-state index in [1.807, 2.05) is 32.0 Å². The number of aryl methyl sites for hydroxylation is 2. The summed E-state index contributed by atoms with van der Waals surface area (Å²) >= 11 is 7.97. The van der Waals surface area contributed by atoms with Crippen molar-refractivity contribution in [2.75, 3.05) is 5.32 Å². The lowest BCUT2D eigenvalue weighted by Crippen LogP contribution is -2.15. The molecule has 2 aromatic rings. The maximum atomic E-state index is 12.2. The molecule has 0 saturated carbocycles. The summed E-state index contributed by atoms with van der Waals surface area (Å²) in [6, 6.07) is 7.38. The highest BCUT2D eigenvalue weighted by Crippen LogP contribution is 2.20. The molecular formula is C14H12ClIN2O. The van der Waals surface area contributed by atoms with Crippen LogP contribution in [0.15, 0.2) is 30.5 Å². The predicted molar refractivity (Wildman–Crippen MR) is 85.8 cm³/mol. The molecule has 1 aromatic carbocycles. The first kappa shape index (κ1) is 14.3. The number of hydrogen-bond acceptors (Lipinski definition) is 2. The van der Waals surface area contributed by atoms with E-state index in [-0.39, 0.29) is 5.91 Å². The van der Waals surface area contributed by atoms with E-state index in [2.05, 4.69) is 32.9 Å². The molecule has 0 saturated heterocycles. The minimum atomic E-state index is -0.139. The van der Waals surface area contributed by atoms with Crippen LogP contribution in [0.4, 0.5) is 5.69 Å². The first-order valence-corrected chi connectivity index (χ1v) is 7.13. The Morgan fingerprint density at radius 2 is 2.05 bits per heavy atom. The lowest BCUT2D eigenvalue weighted by molar-refractivity contribution is 0.102. The number of aromatic nitrogens is 1. The van der Waals surface area contributed by atoms with Crippen LogP contribution in [0.3, 0.4) is 0 Å². The van der Waals surface area contributed by atoms with E-state index >= 15 is 0 Å². The Hall–Kier alpha value is -1.14. The molecule has 98 valence electrons. The molecular weight excluding hydrogens is 375 g/mol. The zero-order chi connectivity index (χ0) is 14.0. The SMILES string of the molecule is Cc1cc(Cl)ncc1NC(=O)c1cccc(C)c1I. The monoisotopic (exact) mass is 386 g/mol. The van der Waals surface area contributed by atoms with E-state index in [0.29, 0.717) is 16.4 Å². The highest BCUT2D eigenvalue weighted by Gasteiger charge is 2.12. The highest BCUT2D eigenvalue weighted by molar-refractivity contribution is 14.1. The van der Waals surface area contributed by atoms with E-state index in [9.17, 15) is 4.79 Å². The normalized spacial score (nSPS) is 10.3. The molecule has 1 amide bonds. The Balaban J connectivity index is 2.28. The molecule has 0 aliphatic rings. The fourth-order valence-electron chi connectivity index (χ4n) is 1.66. The van der Waals surface area contributed by atoms with Crippen LogP contribution in [-0.4, -0.2) is 10.9 Å². The van der Waals surface area contributed by atoms with E-state index in [1.54, 1.807) is 12.3 Å². The molecule has 0 spiro atoms. The van der Waals surface area contributed by atoms with Crippen molar-refractivity contribution in [3.8, 4) is 0 Å². The molecule has 0 unspecified atom stereocenters.